The zero-order valence-electron chi connectivity index (χ0n) is 15.8. The minimum atomic E-state index is 0.105. The average Bonchev–Trinajstić information content (AvgIpc) is 2.54. The summed E-state index contributed by atoms with van der Waals surface area (Å²) in [7, 11) is 1.71. The second-order valence-electron chi connectivity index (χ2n) is 7.84. The number of benzene rings is 2. The van der Waals surface area contributed by atoms with Gasteiger partial charge in [-0.3, -0.25) is 0 Å². The fourth-order valence-corrected chi connectivity index (χ4v) is 3.89. The highest BCUT2D eigenvalue weighted by atomic mass is 16.5. The SMILES string of the molecule is COc1ccc(N2c3cc(C)c(C(C)C)cc3CCC2(C)C)cc1. The molecule has 0 fully saturated rings. The van der Waals surface area contributed by atoms with Gasteiger partial charge in [0.25, 0.3) is 0 Å². The van der Waals surface area contributed by atoms with E-state index in [4.69, 9.17) is 4.74 Å². The summed E-state index contributed by atoms with van der Waals surface area (Å²) in [5, 5.41) is 0. The van der Waals surface area contributed by atoms with Crippen molar-refractivity contribution in [1.29, 1.82) is 0 Å². The molecule has 0 bridgehead atoms. The molecule has 1 aliphatic rings. The molecule has 128 valence electrons. The van der Waals surface area contributed by atoms with Gasteiger partial charge in [-0.2, -0.15) is 0 Å². The molecule has 0 spiro atoms. The lowest BCUT2D eigenvalue weighted by Gasteiger charge is -2.45. The quantitative estimate of drug-likeness (QED) is 0.688. The largest absolute Gasteiger partial charge is 0.497 e. The van der Waals surface area contributed by atoms with Gasteiger partial charge in [-0.15, -0.1) is 0 Å². The molecular formula is C22H29NO. The van der Waals surface area contributed by atoms with Crippen LogP contribution >= 0.6 is 0 Å². The minimum absolute atomic E-state index is 0.105. The van der Waals surface area contributed by atoms with Gasteiger partial charge >= 0.3 is 0 Å². The number of fused-ring (bicyclic) bond motifs is 1. The summed E-state index contributed by atoms with van der Waals surface area (Å²) in [4.78, 5) is 2.50. The van der Waals surface area contributed by atoms with Crippen LogP contribution in [-0.2, 0) is 6.42 Å². The van der Waals surface area contributed by atoms with E-state index in [2.05, 4.69) is 75.9 Å². The Hall–Kier alpha value is -1.96. The summed E-state index contributed by atoms with van der Waals surface area (Å²) < 4.78 is 5.32. The number of nitrogens with zero attached hydrogens (tertiary/aromatic N) is 1. The van der Waals surface area contributed by atoms with E-state index in [1.807, 2.05) is 0 Å². The van der Waals surface area contributed by atoms with Crippen LogP contribution in [0.25, 0.3) is 0 Å². The van der Waals surface area contributed by atoms with Crippen LogP contribution in [-0.4, -0.2) is 12.6 Å². The first-order valence-electron chi connectivity index (χ1n) is 8.91. The summed E-state index contributed by atoms with van der Waals surface area (Å²) in [5.74, 6) is 1.47. The molecule has 3 rings (SSSR count). The number of methoxy groups -OCH3 is 1. The Balaban J connectivity index is 2.12. The molecule has 2 aromatic rings. The number of hydrogen-bond donors (Lipinski definition) is 0. The molecule has 1 heterocycles. The first-order valence-corrected chi connectivity index (χ1v) is 8.91. The molecule has 0 aliphatic carbocycles. The third-order valence-corrected chi connectivity index (χ3v) is 5.27. The Morgan fingerprint density at radius 1 is 1.08 bits per heavy atom. The predicted molar refractivity (Wildman–Crippen MR) is 103 cm³/mol. The molecule has 0 saturated heterocycles. The lowest BCUT2D eigenvalue weighted by atomic mass is 9.83. The van der Waals surface area contributed by atoms with Crippen molar-refractivity contribution in [1.82, 2.24) is 0 Å². The smallest absolute Gasteiger partial charge is 0.119 e. The Morgan fingerprint density at radius 3 is 2.33 bits per heavy atom. The van der Waals surface area contributed by atoms with Crippen LogP contribution in [0.4, 0.5) is 11.4 Å². The van der Waals surface area contributed by atoms with Gasteiger partial charge < -0.3 is 9.64 Å². The molecule has 0 N–H and O–H groups in total. The predicted octanol–water partition coefficient (Wildman–Crippen LogP) is 5.99. The van der Waals surface area contributed by atoms with Crippen LogP contribution < -0.4 is 9.64 Å². The summed E-state index contributed by atoms with van der Waals surface area (Å²) >= 11 is 0. The maximum atomic E-state index is 5.32. The van der Waals surface area contributed by atoms with Crippen molar-refractivity contribution in [2.45, 2.75) is 58.9 Å². The first kappa shape index (κ1) is 16.9. The van der Waals surface area contributed by atoms with Gasteiger partial charge in [-0.25, -0.2) is 0 Å². The van der Waals surface area contributed by atoms with Gasteiger partial charge in [0, 0.05) is 16.9 Å². The number of ether oxygens (including phenoxy) is 1. The molecular weight excluding hydrogens is 294 g/mol. The highest BCUT2D eigenvalue weighted by Gasteiger charge is 2.34. The third kappa shape index (κ3) is 2.90. The molecule has 2 heteroatoms. The lowest BCUT2D eigenvalue weighted by Crippen LogP contribution is -2.44. The maximum Gasteiger partial charge on any atom is 0.119 e. The van der Waals surface area contributed by atoms with E-state index in [0.717, 1.165) is 18.6 Å². The van der Waals surface area contributed by atoms with Crippen molar-refractivity contribution in [2.75, 3.05) is 12.0 Å². The Bertz CT molecular complexity index is 728. The third-order valence-electron chi connectivity index (χ3n) is 5.27. The summed E-state index contributed by atoms with van der Waals surface area (Å²) in [6.07, 6.45) is 2.31. The Morgan fingerprint density at radius 2 is 1.75 bits per heavy atom. The highest BCUT2D eigenvalue weighted by Crippen LogP contribution is 2.44. The van der Waals surface area contributed by atoms with E-state index in [1.54, 1.807) is 7.11 Å². The normalized spacial score (nSPS) is 16.2. The molecule has 0 amide bonds. The molecule has 0 radical (unpaired) electrons. The summed E-state index contributed by atoms with van der Waals surface area (Å²) in [6.45, 7) is 11.5. The van der Waals surface area contributed by atoms with Crippen molar-refractivity contribution < 1.29 is 4.74 Å². The monoisotopic (exact) mass is 323 g/mol. The van der Waals surface area contributed by atoms with Gasteiger partial charge in [0.15, 0.2) is 0 Å². The van der Waals surface area contributed by atoms with Crippen molar-refractivity contribution in [3.8, 4) is 5.75 Å². The Kier molecular flexibility index (Phi) is 4.33. The average molecular weight is 323 g/mol. The van der Waals surface area contributed by atoms with Gasteiger partial charge in [0.1, 0.15) is 5.75 Å². The second kappa shape index (κ2) is 6.16. The van der Waals surface area contributed by atoms with Crippen molar-refractivity contribution >= 4 is 11.4 Å². The standard InChI is InChI=1S/C22H29NO/c1-15(2)20-14-17-11-12-22(4,5)23(21(17)13-16(20)3)18-7-9-19(24-6)10-8-18/h7-10,13-15H,11-12H2,1-6H3. The molecule has 2 nitrogen and oxygen atoms in total. The van der Waals surface area contributed by atoms with E-state index < -0.39 is 0 Å². The van der Waals surface area contributed by atoms with Crippen molar-refractivity contribution in [3.05, 3.63) is 53.1 Å². The fraction of sp³-hybridized carbons (Fsp3) is 0.455. The number of hydrogen-bond acceptors (Lipinski definition) is 2. The van der Waals surface area contributed by atoms with Gasteiger partial charge in [0.2, 0.25) is 0 Å². The Labute approximate surface area is 146 Å². The van der Waals surface area contributed by atoms with Crippen LogP contribution in [0, 0.1) is 6.92 Å². The molecule has 24 heavy (non-hydrogen) atoms. The minimum Gasteiger partial charge on any atom is -0.497 e. The van der Waals surface area contributed by atoms with E-state index in [9.17, 15) is 0 Å². The first-order chi connectivity index (χ1) is 11.3. The fourth-order valence-electron chi connectivity index (χ4n) is 3.89. The van der Waals surface area contributed by atoms with Gasteiger partial charge in [0.05, 0.1) is 7.11 Å². The van der Waals surface area contributed by atoms with Crippen LogP contribution in [0.5, 0.6) is 5.75 Å². The topological polar surface area (TPSA) is 12.5 Å². The molecule has 0 aromatic heterocycles. The summed E-state index contributed by atoms with van der Waals surface area (Å²) in [5.41, 5.74) is 7.03. The number of rotatable bonds is 3. The highest BCUT2D eigenvalue weighted by molar-refractivity contribution is 5.72. The van der Waals surface area contributed by atoms with E-state index in [-0.39, 0.29) is 5.54 Å². The van der Waals surface area contributed by atoms with Crippen molar-refractivity contribution in [2.24, 2.45) is 0 Å². The maximum absolute atomic E-state index is 5.32. The van der Waals surface area contributed by atoms with Crippen LogP contribution in [0.3, 0.4) is 0 Å². The van der Waals surface area contributed by atoms with E-state index in [0.29, 0.717) is 5.92 Å². The zero-order chi connectivity index (χ0) is 17.5. The van der Waals surface area contributed by atoms with Crippen LogP contribution in [0.2, 0.25) is 0 Å². The van der Waals surface area contributed by atoms with Gasteiger partial charge in [-0.05, 0) is 86.6 Å². The van der Waals surface area contributed by atoms with Crippen LogP contribution in [0.1, 0.15) is 56.7 Å². The number of aryl methyl sites for hydroxylation is 2. The van der Waals surface area contributed by atoms with Gasteiger partial charge in [-0.1, -0.05) is 19.9 Å². The summed E-state index contributed by atoms with van der Waals surface area (Å²) in [6, 6.07) is 13.3. The molecule has 1 aliphatic heterocycles. The van der Waals surface area contributed by atoms with Crippen molar-refractivity contribution in [3.63, 3.8) is 0 Å². The molecule has 0 atom stereocenters. The lowest BCUT2D eigenvalue weighted by molar-refractivity contribution is 0.414. The molecule has 0 unspecified atom stereocenters. The second-order valence-corrected chi connectivity index (χ2v) is 7.84. The molecule has 2 aromatic carbocycles. The zero-order valence-corrected chi connectivity index (χ0v) is 15.8. The van der Waals surface area contributed by atoms with E-state index >= 15 is 0 Å². The van der Waals surface area contributed by atoms with Crippen LogP contribution in [0.15, 0.2) is 36.4 Å². The number of anilines is 2. The molecule has 0 saturated carbocycles. The van der Waals surface area contributed by atoms with E-state index in [1.165, 1.54) is 28.1 Å².